The molecule has 7 heteroatoms. The molecule has 0 amide bonds. The Hall–Kier alpha value is -3.58. The van der Waals surface area contributed by atoms with Gasteiger partial charge in [-0.1, -0.05) is 18.2 Å². The minimum Gasteiger partial charge on any atom is -0.439 e. The summed E-state index contributed by atoms with van der Waals surface area (Å²) in [5.41, 5.74) is 3.47. The number of hydrogen-bond donors (Lipinski definition) is 2. The first-order valence-electron chi connectivity index (χ1n) is 10.1. The summed E-state index contributed by atoms with van der Waals surface area (Å²) in [6, 6.07) is 17.4. The number of anilines is 2. The van der Waals surface area contributed by atoms with Crippen molar-refractivity contribution in [2.24, 2.45) is 0 Å². The number of nitrogens with one attached hydrogen (secondary N) is 2. The molecule has 0 saturated carbocycles. The lowest BCUT2D eigenvalue weighted by molar-refractivity contribution is 0.455. The number of benzene rings is 1. The van der Waals surface area contributed by atoms with Crippen molar-refractivity contribution in [2.45, 2.75) is 18.8 Å². The van der Waals surface area contributed by atoms with Crippen LogP contribution in [-0.2, 0) is 0 Å². The number of piperidine rings is 1. The number of fused-ring (bicyclic) bond motifs is 1. The van der Waals surface area contributed by atoms with Crippen molar-refractivity contribution in [3.63, 3.8) is 0 Å². The van der Waals surface area contributed by atoms with E-state index in [0.29, 0.717) is 17.6 Å². The van der Waals surface area contributed by atoms with E-state index in [9.17, 15) is 0 Å². The van der Waals surface area contributed by atoms with Gasteiger partial charge in [0.1, 0.15) is 17.6 Å². The highest BCUT2D eigenvalue weighted by Crippen LogP contribution is 2.27. The normalized spacial score (nSPS) is 16.3. The summed E-state index contributed by atoms with van der Waals surface area (Å²) >= 11 is 0. The van der Waals surface area contributed by atoms with Gasteiger partial charge in [0.05, 0.1) is 17.4 Å². The van der Waals surface area contributed by atoms with Crippen LogP contribution in [0.4, 0.5) is 11.5 Å². The SMILES string of the molecule is c1ccc(Oc2ccc(Nc3ncnc4ccc([C@H]5CCCNC5)nc34)cn2)cc1. The summed E-state index contributed by atoms with van der Waals surface area (Å²) in [4.78, 5) is 18.1. The van der Waals surface area contributed by atoms with Gasteiger partial charge in [-0.15, -0.1) is 0 Å². The quantitative estimate of drug-likeness (QED) is 0.515. The summed E-state index contributed by atoms with van der Waals surface area (Å²) < 4.78 is 5.75. The Kier molecular flexibility index (Phi) is 5.18. The molecule has 1 fully saturated rings. The Balaban J connectivity index is 1.37. The molecular formula is C23H22N6O. The van der Waals surface area contributed by atoms with Crippen LogP contribution in [-0.4, -0.2) is 33.0 Å². The zero-order valence-corrected chi connectivity index (χ0v) is 16.5. The first kappa shape index (κ1) is 18.4. The molecule has 0 bridgehead atoms. The number of ether oxygens (including phenoxy) is 1. The molecule has 1 aromatic carbocycles. The zero-order chi connectivity index (χ0) is 20.2. The van der Waals surface area contributed by atoms with Crippen LogP contribution in [0, 0.1) is 0 Å². The maximum atomic E-state index is 5.75. The van der Waals surface area contributed by atoms with E-state index < -0.39 is 0 Å². The van der Waals surface area contributed by atoms with E-state index in [0.717, 1.165) is 47.7 Å². The highest BCUT2D eigenvalue weighted by Gasteiger charge is 2.18. The summed E-state index contributed by atoms with van der Waals surface area (Å²) in [6.07, 6.45) is 5.59. The molecule has 5 rings (SSSR count). The van der Waals surface area contributed by atoms with Gasteiger partial charge >= 0.3 is 0 Å². The van der Waals surface area contributed by atoms with E-state index in [1.54, 1.807) is 12.5 Å². The Morgan fingerprint density at radius 2 is 1.90 bits per heavy atom. The van der Waals surface area contributed by atoms with Crippen LogP contribution in [0.15, 0.2) is 67.1 Å². The van der Waals surface area contributed by atoms with Crippen molar-refractivity contribution in [3.05, 3.63) is 72.8 Å². The average Bonchev–Trinajstić information content (AvgIpc) is 2.82. The lowest BCUT2D eigenvalue weighted by atomic mass is 9.95. The number of rotatable bonds is 5. The number of hydrogen-bond acceptors (Lipinski definition) is 7. The standard InChI is InChI=1S/C23H22N6O/c1-2-6-18(7-3-1)30-21-11-8-17(14-25-21)28-23-22-20(26-15-27-23)10-9-19(29-22)16-5-4-12-24-13-16/h1-3,6-11,14-16,24H,4-5,12-13H2,(H,26,27,28)/t16-/m0/s1. The predicted octanol–water partition coefficient (Wildman–Crippen LogP) is 4.42. The van der Waals surface area contributed by atoms with Gasteiger partial charge in [0.15, 0.2) is 5.82 Å². The Bertz CT molecular complexity index is 1130. The highest BCUT2D eigenvalue weighted by molar-refractivity contribution is 5.86. The monoisotopic (exact) mass is 398 g/mol. The topological polar surface area (TPSA) is 84.9 Å². The first-order valence-corrected chi connectivity index (χ1v) is 10.1. The molecule has 0 aliphatic carbocycles. The third kappa shape index (κ3) is 4.06. The minimum atomic E-state index is 0.423. The summed E-state index contributed by atoms with van der Waals surface area (Å²) in [6.45, 7) is 2.04. The van der Waals surface area contributed by atoms with Gasteiger partial charge < -0.3 is 15.4 Å². The van der Waals surface area contributed by atoms with Crippen LogP contribution in [0.5, 0.6) is 11.6 Å². The number of aromatic nitrogens is 4. The van der Waals surface area contributed by atoms with E-state index in [-0.39, 0.29) is 0 Å². The third-order valence-corrected chi connectivity index (χ3v) is 5.18. The summed E-state index contributed by atoms with van der Waals surface area (Å²) in [5.74, 6) is 2.38. The van der Waals surface area contributed by atoms with Crippen molar-refractivity contribution < 1.29 is 4.74 Å². The minimum absolute atomic E-state index is 0.423. The third-order valence-electron chi connectivity index (χ3n) is 5.18. The largest absolute Gasteiger partial charge is 0.439 e. The van der Waals surface area contributed by atoms with Gasteiger partial charge in [-0.25, -0.2) is 19.9 Å². The maximum Gasteiger partial charge on any atom is 0.219 e. The van der Waals surface area contributed by atoms with Crippen molar-refractivity contribution in [1.82, 2.24) is 25.3 Å². The molecule has 0 unspecified atom stereocenters. The molecular weight excluding hydrogens is 376 g/mol. The van der Waals surface area contributed by atoms with E-state index in [2.05, 4.69) is 31.7 Å². The molecule has 0 spiro atoms. The number of nitrogens with zero attached hydrogens (tertiary/aromatic N) is 4. The van der Waals surface area contributed by atoms with Crippen molar-refractivity contribution in [3.8, 4) is 11.6 Å². The molecule has 7 nitrogen and oxygen atoms in total. The van der Waals surface area contributed by atoms with Crippen molar-refractivity contribution in [2.75, 3.05) is 18.4 Å². The molecule has 2 N–H and O–H groups in total. The zero-order valence-electron chi connectivity index (χ0n) is 16.5. The second-order valence-corrected chi connectivity index (χ2v) is 7.29. The molecule has 150 valence electrons. The number of pyridine rings is 2. The van der Waals surface area contributed by atoms with Gasteiger partial charge in [0.25, 0.3) is 0 Å². The molecule has 3 aromatic heterocycles. The molecule has 1 saturated heterocycles. The van der Waals surface area contributed by atoms with Crippen molar-refractivity contribution >= 4 is 22.5 Å². The molecule has 4 heterocycles. The van der Waals surface area contributed by atoms with E-state index in [4.69, 9.17) is 9.72 Å². The Labute approximate surface area is 174 Å². The van der Waals surface area contributed by atoms with Crippen LogP contribution in [0.1, 0.15) is 24.5 Å². The first-order chi connectivity index (χ1) is 14.8. The number of para-hydroxylation sites is 1. The molecule has 4 aromatic rings. The van der Waals surface area contributed by atoms with Crippen LogP contribution < -0.4 is 15.4 Å². The Morgan fingerprint density at radius 3 is 2.70 bits per heavy atom. The fourth-order valence-electron chi connectivity index (χ4n) is 3.64. The van der Waals surface area contributed by atoms with Gasteiger partial charge in [-0.3, -0.25) is 0 Å². The highest BCUT2D eigenvalue weighted by atomic mass is 16.5. The molecule has 1 aliphatic rings. The lowest BCUT2D eigenvalue weighted by Gasteiger charge is -2.22. The Morgan fingerprint density at radius 1 is 0.967 bits per heavy atom. The molecule has 1 aliphatic heterocycles. The summed E-state index contributed by atoms with van der Waals surface area (Å²) in [7, 11) is 0. The van der Waals surface area contributed by atoms with E-state index in [1.807, 2.05) is 48.5 Å². The molecule has 30 heavy (non-hydrogen) atoms. The van der Waals surface area contributed by atoms with E-state index in [1.165, 1.54) is 6.42 Å². The smallest absolute Gasteiger partial charge is 0.219 e. The molecule has 0 radical (unpaired) electrons. The van der Waals surface area contributed by atoms with Crippen LogP contribution in [0.2, 0.25) is 0 Å². The fourth-order valence-corrected chi connectivity index (χ4v) is 3.64. The maximum absolute atomic E-state index is 5.75. The van der Waals surface area contributed by atoms with Gasteiger partial charge in [0.2, 0.25) is 5.88 Å². The second-order valence-electron chi connectivity index (χ2n) is 7.29. The predicted molar refractivity (Wildman–Crippen MR) is 116 cm³/mol. The van der Waals surface area contributed by atoms with E-state index >= 15 is 0 Å². The van der Waals surface area contributed by atoms with Crippen LogP contribution in [0.25, 0.3) is 11.0 Å². The van der Waals surface area contributed by atoms with Crippen LogP contribution >= 0.6 is 0 Å². The lowest BCUT2D eigenvalue weighted by Crippen LogP contribution is -2.28. The van der Waals surface area contributed by atoms with Crippen molar-refractivity contribution in [1.29, 1.82) is 0 Å². The van der Waals surface area contributed by atoms with Gasteiger partial charge in [-0.05, 0) is 49.7 Å². The fraction of sp³-hybridized carbons (Fsp3) is 0.217. The van der Waals surface area contributed by atoms with Gasteiger partial charge in [0, 0.05) is 24.2 Å². The second kappa shape index (κ2) is 8.42. The van der Waals surface area contributed by atoms with Gasteiger partial charge in [-0.2, -0.15) is 0 Å². The molecule has 1 atom stereocenters. The van der Waals surface area contributed by atoms with Crippen LogP contribution in [0.3, 0.4) is 0 Å². The summed E-state index contributed by atoms with van der Waals surface area (Å²) in [5, 5.41) is 6.77. The average molecular weight is 398 g/mol.